The molecule has 2 aromatic heterocycles. The van der Waals surface area contributed by atoms with E-state index in [1.54, 1.807) is 6.07 Å². The van der Waals surface area contributed by atoms with Gasteiger partial charge in [-0.3, -0.25) is 4.98 Å². The molecule has 0 radical (unpaired) electrons. The summed E-state index contributed by atoms with van der Waals surface area (Å²) in [7, 11) is 2.00. The lowest BCUT2D eigenvalue weighted by Crippen LogP contribution is -2.30. The van der Waals surface area contributed by atoms with E-state index in [9.17, 15) is 8.78 Å². The number of hydrogen-bond acceptors (Lipinski definition) is 1. The first kappa shape index (κ1) is 18.2. The first-order valence-electron chi connectivity index (χ1n) is 8.71. The minimum absolute atomic E-state index is 0.183. The fourth-order valence-electron chi connectivity index (χ4n) is 2.93. The van der Waals surface area contributed by atoms with Crippen LogP contribution in [-0.4, -0.2) is 4.98 Å². The van der Waals surface area contributed by atoms with Crippen LogP contribution in [0.15, 0.2) is 60.9 Å². The smallest absolute Gasteiger partial charge is 0.254 e. The second-order valence-corrected chi connectivity index (χ2v) is 6.94. The van der Waals surface area contributed by atoms with Crippen LogP contribution in [0.4, 0.5) is 8.78 Å². The fraction of sp³-hybridized carbons (Fsp3) is 0.273. The van der Waals surface area contributed by atoms with Crippen molar-refractivity contribution in [3.8, 4) is 22.4 Å². The number of pyridine rings is 2. The molecule has 0 aliphatic rings. The van der Waals surface area contributed by atoms with E-state index >= 15 is 0 Å². The molecule has 0 fully saturated rings. The maximum absolute atomic E-state index is 14.1. The summed E-state index contributed by atoms with van der Waals surface area (Å²) in [6, 6.07) is 15.4. The molecule has 3 rings (SSSR count). The van der Waals surface area contributed by atoms with Crippen molar-refractivity contribution >= 4 is 0 Å². The highest BCUT2D eigenvalue weighted by molar-refractivity contribution is 5.69. The van der Waals surface area contributed by atoms with Gasteiger partial charge in [0.1, 0.15) is 12.7 Å². The normalized spacial score (nSPS) is 11.8. The van der Waals surface area contributed by atoms with Crippen LogP contribution in [0.2, 0.25) is 0 Å². The monoisotopic (exact) mass is 353 g/mol. The molecule has 0 spiro atoms. The van der Waals surface area contributed by atoms with Gasteiger partial charge in [0.2, 0.25) is 5.69 Å². The van der Waals surface area contributed by atoms with Crippen LogP contribution >= 0.6 is 0 Å². The predicted molar refractivity (Wildman–Crippen MR) is 99.8 cm³/mol. The molecule has 26 heavy (non-hydrogen) atoms. The second-order valence-electron chi connectivity index (χ2n) is 6.94. The average molecular weight is 353 g/mol. The molecule has 2 nitrogen and oxygen atoms in total. The van der Waals surface area contributed by atoms with Crippen LogP contribution in [-0.2, 0) is 13.0 Å². The van der Waals surface area contributed by atoms with E-state index in [4.69, 9.17) is 0 Å². The predicted octanol–water partition coefficient (Wildman–Crippen LogP) is 5.30. The van der Waals surface area contributed by atoms with Crippen molar-refractivity contribution in [2.24, 2.45) is 13.0 Å². The van der Waals surface area contributed by atoms with Gasteiger partial charge in [-0.15, -0.1) is 0 Å². The highest BCUT2D eigenvalue weighted by Crippen LogP contribution is 2.35. The third-order valence-electron chi connectivity index (χ3n) is 4.73. The number of benzene rings is 1. The molecule has 0 amide bonds. The Labute approximate surface area is 153 Å². The zero-order chi connectivity index (χ0) is 18.9. The Balaban J connectivity index is 2.01. The second kappa shape index (κ2) is 6.94. The summed E-state index contributed by atoms with van der Waals surface area (Å²) in [5.74, 6) is -3.71. The summed E-state index contributed by atoms with van der Waals surface area (Å²) in [5, 5.41) is 0. The van der Waals surface area contributed by atoms with Crippen LogP contribution in [0.1, 0.15) is 25.1 Å². The average Bonchev–Trinajstić information content (AvgIpc) is 2.63. The number of hydrogen-bond donors (Lipinski definition) is 0. The van der Waals surface area contributed by atoms with Gasteiger partial charge in [-0.05, 0) is 30.2 Å². The lowest BCUT2D eigenvalue weighted by atomic mass is 9.99. The Hall–Kier alpha value is -2.62. The first-order valence-corrected chi connectivity index (χ1v) is 8.71. The van der Waals surface area contributed by atoms with Crippen molar-refractivity contribution in [2.75, 3.05) is 0 Å². The van der Waals surface area contributed by atoms with Crippen LogP contribution in [0.25, 0.3) is 22.4 Å². The fourth-order valence-corrected chi connectivity index (χ4v) is 2.93. The molecule has 1 aromatic carbocycles. The number of aryl methyl sites for hydroxylation is 2. The van der Waals surface area contributed by atoms with Gasteiger partial charge >= 0.3 is 0 Å². The molecule has 4 heteroatoms. The Kier molecular flexibility index (Phi) is 4.86. The van der Waals surface area contributed by atoms with Gasteiger partial charge in [-0.25, -0.2) is 4.57 Å². The van der Waals surface area contributed by atoms with E-state index < -0.39 is 11.8 Å². The van der Waals surface area contributed by atoms with Crippen LogP contribution < -0.4 is 4.57 Å². The molecular formula is C22H23F2N2+. The zero-order valence-corrected chi connectivity index (χ0v) is 15.5. The number of alkyl halides is 2. The largest absolute Gasteiger partial charge is 0.291 e. The van der Waals surface area contributed by atoms with Gasteiger partial charge < -0.3 is 0 Å². The molecule has 134 valence electrons. The molecule has 0 unspecified atom stereocenters. The highest BCUT2D eigenvalue weighted by Gasteiger charge is 2.36. The van der Waals surface area contributed by atoms with E-state index in [-0.39, 0.29) is 5.69 Å². The van der Waals surface area contributed by atoms with Crippen molar-refractivity contribution in [1.82, 2.24) is 4.98 Å². The molecule has 0 saturated heterocycles. The standard InChI is InChI=1S/C22H23F2N2/c1-15(2)22(23,24)21-10-9-18(14-25-21)17-11-12-26(4)20(13-17)19-8-6-5-7-16(19)3/h5-15H,1-4H3/q+1. The van der Waals surface area contributed by atoms with Gasteiger partial charge in [-0.1, -0.05) is 38.1 Å². The number of aromatic nitrogens is 2. The van der Waals surface area contributed by atoms with Crippen molar-refractivity contribution in [3.05, 3.63) is 72.2 Å². The maximum atomic E-state index is 14.1. The third kappa shape index (κ3) is 3.36. The molecule has 0 N–H and O–H groups in total. The van der Waals surface area contributed by atoms with E-state index in [2.05, 4.69) is 34.7 Å². The highest BCUT2D eigenvalue weighted by atomic mass is 19.3. The molecular weight excluding hydrogens is 330 g/mol. The lowest BCUT2D eigenvalue weighted by Gasteiger charge is -2.19. The van der Waals surface area contributed by atoms with E-state index in [0.717, 1.165) is 22.4 Å². The van der Waals surface area contributed by atoms with Gasteiger partial charge in [0.25, 0.3) is 5.92 Å². The van der Waals surface area contributed by atoms with Crippen LogP contribution in [0, 0.1) is 12.8 Å². The van der Waals surface area contributed by atoms with Gasteiger partial charge in [0.15, 0.2) is 6.20 Å². The number of rotatable bonds is 4. The van der Waals surface area contributed by atoms with Crippen molar-refractivity contribution in [1.29, 1.82) is 0 Å². The Morgan fingerprint density at radius 2 is 1.73 bits per heavy atom. The summed E-state index contributed by atoms with van der Waals surface area (Å²) < 4.78 is 30.3. The van der Waals surface area contributed by atoms with Gasteiger partial charge in [0.05, 0.1) is 0 Å². The van der Waals surface area contributed by atoms with Crippen molar-refractivity contribution < 1.29 is 13.3 Å². The summed E-state index contributed by atoms with van der Waals surface area (Å²) in [6.07, 6.45) is 3.51. The molecule has 0 aliphatic heterocycles. The Morgan fingerprint density at radius 3 is 2.35 bits per heavy atom. The Bertz CT molecular complexity index is 916. The van der Waals surface area contributed by atoms with Crippen molar-refractivity contribution in [3.63, 3.8) is 0 Å². The number of halogens is 2. The zero-order valence-electron chi connectivity index (χ0n) is 15.5. The molecule has 2 heterocycles. The Morgan fingerprint density at radius 1 is 1.00 bits per heavy atom. The van der Waals surface area contributed by atoms with E-state index in [1.807, 2.05) is 31.4 Å². The quantitative estimate of drug-likeness (QED) is 0.582. The molecule has 0 bridgehead atoms. The maximum Gasteiger partial charge on any atom is 0.291 e. The third-order valence-corrected chi connectivity index (χ3v) is 4.73. The first-order chi connectivity index (χ1) is 12.3. The van der Waals surface area contributed by atoms with Crippen LogP contribution in [0.5, 0.6) is 0 Å². The van der Waals surface area contributed by atoms with Gasteiger partial charge in [0, 0.05) is 35.4 Å². The van der Waals surface area contributed by atoms with Crippen LogP contribution in [0.3, 0.4) is 0 Å². The molecule has 3 aromatic rings. The number of nitrogens with zero attached hydrogens (tertiary/aromatic N) is 2. The molecule has 0 aliphatic carbocycles. The minimum atomic E-state index is -2.92. The summed E-state index contributed by atoms with van der Waals surface area (Å²) >= 11 is 0. The van der Waals surface area contributed by atoms with E-state index in [1.165, 1.54) is 31.7 Å². The topological polar surface area (TPSA) is 16.8 Å². The van der Waals surface area contributed by atoms with Gasteiger partial charge in [-0.2, -0.15) is 8.78 Å². The summed E-state index contributed by atoms with van der Waals surface area (Å²) in [6.45, 7) is 5.08. The summed E-state index contributed by atoms with van der Waals surface area (Å²) in [4.78, 5) is 4.03. The SMILES string of the molecule is Cc1ccccc1-c1cc(-c2ccc(C(F)(F)C(C)C)nc2)cc[n+]1C. The molecule has 0 atom stereocenters. The van der Waals surface area contributed by atoms with Crippen molar-refractivity contribution in [2.45, 2.75) is 26.7 Å². The minimum Gasteiger partial charge on any atom is -0.254 e. The van der Waals surface area contributed by atoms with E-state index in [0.29, 0.717) is 0 Å². The molecule has 0 saturated carbocycles. The summed E-state index contributed by atoms with van der Waals surface area (Å²) in [5.41, 5.74) is 4.99. The lowest BCUT2D eigenvalue weighted by molar-refractivity contribution is -0.660.